The van der Waals surface area contributed by atoms with Gasteiger partial charge in [-0.25, -0.2) is 14.8 Å². The largest absolute Gasteiger partial charge is 0.445 e. The van der Waals surface area contributed by atoms with Gasteiger partial charge in [0.1, 0.15) is 11.4 Å². The number of carbonyl (C=O) groups is 2. The standard InChI is InChI=1S/C27H36N4O4S2/c1-26(2,3)14-20-15-28-22(34-20)17-36-23-16-29-24(37-23)31-21(32)9-7-8-18-10-12-19(13-11-18)30-25(33)35-27(4,5)6/h10-13,15-16H,7-9,14,17H2,1-6H3,(H,30,33)(H,29,31,32). The van der Waals surface area contributed by atoms with Gasteiger partial charge in [-0.15, -0.1) is 11.8 Å². The normalized spacial score (nSPS) is 11.8. The number of hydrogen-bond donors (Lipinski definition) is 2. The lowest BCUT2D eigenvalue weighted by molar-refractivity contribution is -0.116. The third kappa shape index (κ3) is 11.0. The summed E-state index contributed by atoms with van der Waals surface area (Å²) in [6, 6.07) is 7.54. The summed E-state index contributed by atoms with van der Waals surface area (Å²) in [6.07, 6.45) is 5.78. The van der Waals surface area contributed by atoms with Gasteiger partial charge in [0.25, 0.3) is 0 Å². The number of oxazole rings is 1. The van der Waals surface area contributed by atoms with E-state index in [2.05, 4.69) is 41.4 Å². The Morgan fingerprint density at radius 1 is 1.03 bits per heavy atom. The summed E-state index contributed by atoms with van der Waals surface area (Å²) >= 11 is 3.03. The third-order valence-electron chi connectivity index (χ3n) is 4.84. The van der Waals surface area contributed by atoms with Crippen LogP contribution in [0.1, 0.15) is 71.6 Å². The van der Waals surface area contributed by atoms with Crippen LogP contribution in [-0.2, 0) is 28.1 Å². The van der Waals surface area contributed by atoms with E-state index < -0.39 is 11.7 Å². The van der Waals surface area contributed by atoms with E-state index in [0.29, 0.717) is 35.3 Å². The van der Waals surface area contributed by atoms with Crippen LogP contribution in [0.5, 0.6) is 0 Å². The molecular formula is C27H36N4O4S2. The summed E-state index contributed by atoms with van der Waals surface area (Å²) in [5, 5.41) is 6.18. The third-order valence-corrected chi connectivity index (χ3v) is 6.94. The molecule has 0 aliphatic rings. The Kier molecular flexibility index (Phi) is 9.78. The number of nitrogens with one attached hydrogen (secondary N) is 2. The molecule has 200 valence electrons. The molecule has 10 heteroatoms. The predicted octanol–water partition coefficient (Wildman–Crippen LogP) is 7.32. The van der Waals surface area contributed by atoms with Crippen molar-refractivity contribution in [3.63, 3.8) is 0 Å². The lowest BCUT2D eigenvalue weighted by atomic mass is 9.91. The molecule has 0 spiro atoms. The number of nitrogens with zero attached hydrogens (tertiary/aromatic N) is 2. The molecule has 0 saturated carbocycles. The number of rotatable bonds is 10. The molecule has 1 aromatic carbocycles. The minimum Gasteiger partial charge on any atom is -0.445 e. The highest BCUT2D eigenvalue weighted by atomic mass is 32.2. The number of anilines is 2. The average Bonchev–Trinajstić information content (AvgIpc) is 3.40. The lowest BCUT2D eigenvalue weighted by Crippen LogP contribution is -2.27. The van der Waals surface area contributed by atoms with Gasteiger partial charge in [0.05, 0.1) is 22.4 Å². The topological polar surface area (TPSA) is 106 Å². The van der Waals surface area contributed by atoms with Crippen LogP contribution in [-0.4, -0.2) is 27.6 Å². The molecule has 2 N–H and O–H groups in total. The monoisotopic (exact) mass is 544 g/mol. The van der Waals surface area contributed by atoms with E-state index in [1.807, 2.05) is 45.0 Å². The van der Waals surface area contributed by atoms with E-state index in [1.54, 1.807) is 24.2 Å². The van der Waals surface area contributed by atoms with Crippen molar-refractivity contribution in [2.45, 2.75) is 82.8 Å². The van der Waals surface area contributed by atoms with Crippen LogP contribution in [0.3, 0.4) is 0 Å². The summed E-state index contributed by atoms with van der Waals surface area (Å²) in [6.45, 7) is 12.0. The molecule has 2 amide bonds. The van der Waals surface area contributed by atoms with E-state index in [-0.39, 0.29) is 11.3 Å². The number of aryl methyl sites for hydroxylation is 1. The van der Waals surface area contributed by atoms with Crippen LogP contribution in [0.2, 0.25) is 0 Å². The van der Waals surface area contributed by atoms with E-state index in [9.17, 15) is 9.59 Å². The zero-order chi connectivity index (χ0) is 27.1. The molecule has 2 aromatic heterocycles. The Balaban J connectivity index is 1.36. The molecule has 3 rings (SSSR count). The molecule has 0 aliphatic carbocycles. The summed E-state index contributed by atoms with van der Waals surface area (Å²) in [5.74, 6) is 2.14. The molecular weight excluding hydrogens is 508 g/mol. The Morgan fingerprint density at radius 3 is 2.43 bits per heavy atom. The molecule has 0 unspecified atom stereocenters. The van der Waals surface area contributed by atoms with Crippen molar-refractivity contribution in [2.24, 2.45) is 5.41 Å². The molecule has 8 nitrogen and oxygen atoms in total. The van der Waals surface area contributed by atoms with Gasteiger partial charge < -0.3 is 14.5 Å². The van der Waals surface area contributed by atoms with Crippen molar-refractivity contribution < 1.29 is 18.7 Å². The molecule has 2 heterocycles. The van der Waals surface area contributed by atoms with Crippen LogP contribution >= 0.6 is 23.1 Å². The summed E-state index contributed by atoms with van der Waals surface area (Å²) in [7, 11) is 0. The highest BCUT2D eigenvalue weighted by Gasteiger charge is 2.17. The van der Waals surface area contributed by atoms with Crippen molar-refractivity contribution in [1.29, 1.82) is 0 Å². The zero-order valence-electron chi connectivity index (χ0n) is 22.3. The van der Waals surface area contributed by atoms with Crippen LogP contribution in [0, 0.1) is 5.41 Å². The molecule has 0 fully saturated rings. The SMILES string of the molecule is CC(C)(C)Cc1cnc(CSc2cnc(NC(=O)CCCc3ccc(NC(=O)OC(C)(C)C)cc3)s2)o1. The number of ether oxygens (including phenoxy) is 1. The van der Waals surface area contributed by atoms with Crippen LogP contribution in [0.15, 0.2) is 45.3 Å². The van der Waals surface area contributed by atoms with Gasteiger partial charge in [0.2, 0.25) is 11.8 Å². The first-order chi connectivity index (χ1) is 17.3. The lowest BCUT2D eigenvalue weighted by Gasteiger charge is -2.19. The first kappa shape index (κ1) is 28.7. The molecule has 0 radical (unpaired) electrons. The maximum atomic E-state index is 12.4. The number of hydrogen-bond acceptors (Lipinski definition) is 8. The van der Waals surface area contributed by atoms with Crippen molar-refractivity contribution in [2.75, 3.05) is 10.6 Å². The second-order valence-corrected chi connectivity index (χ2v) is 13.3. The first-order valence-corrected chi connectivity index (χ1v) is 14.1. The fraction of sp³-hybridized carbons (Fsp3) is 0.481. The number of thiazole rings is 1. The zero-order valence-corrected chi connectivity index (χ0v) is 24.0. The smallest absolute Gasteiger partial charge is 0.412 e. The quantitative estimate of drug-likeness (QED) is 0.258. The van der Waals surface area contributed by atoms with Crippen LogP contribution in [0.25, 0.3) is 0 Å². The minimum atomic E-state index is -0.544. The van der Waals surface area contributed by atoms with E-state index in [1.165, 1.54) is 11.3 Å². The van der Waals surface area contributed by atoms with E-state index >= 15 is 0 Å². The second kappa shape index (κ2) is 12.6. The summed E-state index contributed by atoms with van der Waals surface area (Å²) in [5.41, 5.74) is 1.37. The van der Waals surface area contributed by atoms with Crippen LogP contribution < -0.4 is 10.6 Å². The Labute approximate surface area is 227 Å². The van der Waals surface area contributed by atoms with Gasteiger partial charge in [-0.3, -0.25) is 10.1 Å². The van der Waals surface area contributed by atoms with Gasteiger partial charge in [-0.1, -0.05) is 44.2 Å². The molecule has 0 bridgehead atoms. The Bertz CT molecular complexity index is 1170. The van der Waals surface area contributed by atoms with Gasteiger partial charge in [-0.05, 0) is 56.7 Å². The molecule has 0 saturated heterocycles. The maximum absolute atomic E-state index is 12.4. The molecule has 37 heavy (non-hydrogen) atoms. The van der Waals surface area contributed by atoms with E-state index in [4.69, 9.17) is 9.15 Å². The maximum Gasteiger partial charge on any atom is 0.412 e. The summed E-state index contributed by atoms with van der Waals surface area (Å²) < 4.78 is 12.1. The number of carbonyl (C=O) groups excluding carboxylic acids is 2. The van der Waals surface area contributed by atoms with Crippen LogP contribution in [0.4, 0.5) is 15.6 Å². The van der Waals surface area contributed by atoms with E-state index in [0.717, 1.165) is 28.4 Å². The Hall–Kier alpha value is -2.85. The number of thioether (sulfide) groups is 1. The number of aromatic nitrogens is 2. The van der Waals surface area contributed by atoms with Crippen molar-refractivity contribution in [3.05, 3.63) is 53.9 Å². The summed E-state index contributed by atoms with van der Waals surface area (Å²) in [4.78, 5) is 32.9. The van der Waals surface area contributed by atoms with Crippen molar-refractivity contribution in [3.8, 4) is 0 Å². The fourth-order valence-electron chi connectivity index (χ4n) is 3.35. The first-order valence-electron chi connectivity index (χ1n) is 12.3. The fourth-order valence-corrected chi connectivity index (χ4v) is 5.09. The minimum absolute atomic E-state index is 0.0614. The van der Waals surface area contributed by atoms with Crippen molar-refractivity contribution in [1.82, 2.24) is 9.97 Å². The van der Waals surface area contributed by atoms with Gasteiger partial charge in [0.15, 0.2) is 5.13 Å². The Morgan fingerprint density at radius 2 is 1.76 bits per heavy atom. The van der Waals surface area contributed by atoms with Gasteiger partial charge in [-0.2, -0.15) is 0 Å². The number of benzene rings is 1. The number of amides is 2. The average molecular weight is 545 g/mol. The highest BCUT2D eigenvalue weighted by Crippen LogP contribution is 2.31. The molecule has 0 atom stereocenters. The molecule has 0 aliphatic heterocycles. The second-order valence-electron chi connectivity index (χ2n) is 11.0. The molecule has 3 aromatic rings. The van der Waals surface area contributed by atoms with Crippen molar-refractivity contribution >= 4 is 45.9 Å². The van der Waals surface area contributed by atoms with Gasteiger partial charge in [0, 0.05) is 18.5 Å². The highest BCUT2D eigenvalue weighted by molar-refractivity contribution is 8.00. The predicted molar refractivity (Wildman–Crippen MR) is 149 cm³/mol. The van der Waals surface area contributed by atoms with Gasteiger partial charge >= 0.3 is 6.09 Å².